The van der Waals surface area contributed by atoms with Gasteiger partial charge in [-0.25, -0.2) is 4.98 Å². The Morgan fingerprint density at radius 3 is 2.56 bits per heavy atom. The fourth-order valence-electron chi connectivity index (χ4n) is 2.07. The van der Waals surface area contributed by atoms with Gasteiger partial charge in [0.25, 0.3) is 0 Å². The van der Waals surface area contributed by atoms with Crippen LogP contribution in [-0.2, 0) is 11.8 Å². The van der Waals surface area contributed by atoms with Crippen molar-refractivity contribution in [2.75, 3.05) is 0 Å². The zero-order valence-electron chi connectivity index (χ0n) is 10.7. The van der Waals surface area contributed by atoms with Gasteiger partial charge in [-0.1, -0.05) is 27.7 Å². The molecule has 0 N–H and O–H groups in total. The van der Waals surface area contributed by atoms with E-state index in [9.17, 15) is 0 Å². The van der Waals surface area contributed by atoms with Crippen molar-refractivity contribution in [2.45, 2.75) is 46.5 Å². The van der Waals surface area contributed by atoms with Gasteiger partial charge in [-0.05, 0) is 13.3 Å². The van der Waals surface area contributed by atoms with E-state index in [0.29, 0.717) is 0 Å². The fraction of sp³-hybridized carbons (Fsp3) is 0.538. The van der Waals surface area contributed by atoms with Crippen molar-refractivity contribution >= 4 is 5.52 Å². The standard InChI is InChI=1S/C13H19N3/c1-6-10-11-12(13(3,4)5)14-7-8-16(11)9(2)15-10/h7-8H,6H2,1-5H3. The summed E-state index contributed by atoms with van der Waals surface area (Å²) in [5, 5.41) is 0. The molecule has 0 fully saturated rings. The van der Waals surface area contributed by atoms with Gasteiger partial charge in [0.2, 0.25) is 0 Å². The molecular weight excluding hydrogens is 198 g/mol. The van der Waals surface area contributed by atoms with Crippen LogP contribution in [-0.4, -0.2) is 14.4 Å². The number of aryl methyl sites for hydroxylation is 2. The third kappa shape index (κ3) is 1.60. The minimum Gasteiger partial charge on any atom is -0.300 e. The van der Waals surface area contributed by atoms with Gasteiger partial charge in [0.15, 0.2) is 0 Å². The first-order chi connectivity index (χ1) is 7.45. The molecule has 0 unspecified atom stereocenters. The lowest BCUT2D eigenvalue weighted by Gasteiger charge is -2.19. The van der Waals surface area contributed by atoms with E-state index in [1.165, 1.54) is 5.52 Å². The van der Waals surface area contributed by atoms with Gasteiger partial charge in [-0.15, -0.1) is 0 Å². The van der Waals surface area contributed by atoms with Crippen LogP contribution in [0.15, 0.2) is 12.4 Å². The minimum atomic E-state index is 0.0545. The number of nitrogens with zero attached hydrogens (tertiary/aromatic N) is 3. The lowest BCUT2D eigenvalue weighted by molar-refractivity contribution is 0.571. The maximum atomic E-state index is 4.61. The van der Waals surface area contributed by atoms with Gasteiger partial charge < -0.3 is 4.40 Å². The van der Waals surface area contributed by atoms with Crippen LogP contribution >= 0.6 is 0 Å². The number of imidazole rings is 1. The molecule has 0 aliphatic carbocycles. The van der Waals surface area contributed by atoms with Crippen molar-refractivity contribution in [1.29, 1.82) is 0 Å². The molecule has 0 spiro atoms. The molecule has 2 aromatic rings. The van der Waals surface area contributed by atoms with Crippen molar-refractivity contribution in [1.82, 2.24) is 14.4 Å². The molecule has 0 aliphatic heterocycles. The van der Waals surface area contributed by atoms with Crippen LogP contribution in [0.25, 0.3) is 5.52 Å². The Hall–Kier alpha value is -1.38. The first kappa shape index (κ1) is 11.1. The molecule has 2 rings (SSSR count). The highest BCUT2D eigenvalue weighted by Crippen LogP contribution is 2.27. The SMILES string of the molecule is CCc1nc(C)n2ccnc(C(C)(C)C)c12. The van der Waals surface area contributed by atoms with Crippen molar-refractivity contribution in [3.8, 4) is 0 Å². The van der Waals surface area contributed by atoms with E-state index in [1.54, 1.807) is 0 Å². The van der Waals surface area contributed by atoms with Crippen LogP contribution in [0, 0.1) is 6.92 Å². The van der Waals surface area contributed by atoms with E-state index in [0.717, 1.165) is 23.6 Å². The summed E-state index contributed by atoms with van der Waals surface area (Å²) in [7, 11) is 0. The Bertz CT molecular complexity index is 518. The summed E-state index contributed by atoms with van der Waals surface area (Å²) in [6, 6.07) is 0. The van der Waals surface area contributed by atoms with Crippen LogP contribution in [0.4, 0.5) is 0 Å². The molecule has 3 nitrogen and oxygen atoms in total. The predicted octanol–water partition coefficient (Wildman–Crippen LogP) is 2.90. The number of rotatable bonds is 1. The smallest absolute Gasteiger partial charge is 0.110 e. The Morgan fingerprint density at radius 1 is 1.31 bits per heavy atom. The second-order valence-corrected chi connectivity index (χ2v) is 5.20. The molecule has 0 atom stereocenters. The zero-order valence-corrected chi connectivity index (χ0v) is 10.7. The highest BCUT2D eigenvalue weighted by Gasteiger charge is 2.22. The van der Waals surface area contributed by atoms with Crippen LogP contribution in [0.1, 0.15) is 44.9 Å². The summed E-state index contributed by atoms with van der Waals surface area (Å²) in [6.45, 7) is 10.8. The zero-order chi connectivity index (χ0) is 11.9. The molecule has 0 saturated heterocycles. The van der Waals surface area contributed by atoms with E-state index in [4.69, 9.17) is 0 Å². The summed E-state index contributed by atoms with van der Waals surface area (Å²) in [5.74, 6) is 1.04. The first-order valence-electron chi connectivity index (χ1n) is 5.78. The van der Waals surface area contributed by atoms with Gasteiger partial charge >= 0.3 is 0 Å². The number of aromatic nitrogens is 3. The average Bonchev–Trinajstić information content (AvgIpc) is 2.54. The van der Waals surface area contributed by atoms with Gasteiger partial charge in [0, 0.05) is 17.8 Å². The number of fused-ring (bicyclic) bond motifs is 1. The van der Waals surface area contributed by atoms with Crippen LogP contribution in [0.3, 0.4) is 0 Å². The van der Waals surface area contributed by atoms with Crippen molar-refractivity contribution in [3.63, 3.8) is 0 Å². The normalized spacial score (nSPS) is 12.3. The Balaban J connectivity index is 2.85. The van der Waals surface area contributed by atoms with Crippen LogP contribution < -0.4 is 0 Å². The molecular formula is C13H19N3. The average molecular weight is 217 g/mol. The molecule has 0 aliphatic rings. The largest absolute Gasteiger partial charge is 0.300 e. The Kier molecular flexibility index (Phi) is 2.49. The molecule has 2 heterocycles. The van der Waals surface area contributed by atoms with Crippen molar-refractivity contribution in [3.05, 3.63) is 29.6 Å². The summed E-state index contributed by atoms with van der Waals surface area (Å²) >= 11 is 0. The van der Waals surface area contributed by atoms with Gasteiger partial charge in [0.05, 0.1) is 16.9 Å². The van der Waals surface area contributed by atoms with E-state index in [1.807, 2.05) is 19.3 Å². The van der Waals surface area contributed by atoms with E-state index >= 15 is 0 Å². The van der Waals surface area contributed by atoms with Gasteiger partial charge in [-0.2, -0.15) is 0 Å². The van der Waals surface area contributed by atoms with E-state index in [2.05, 4.69) is 42.1 Å². The molecule has 2 aromatic heterocycles. The molecule has 86 valence electrons. The fourth-order valence-corrected chi connectivity index (χ4v) is 2.07. The summed E-state index contributed by atoms with van der Waals surface area (Å²) in [5.41, 5.74) is 3.52. The van der Waals surface area contributed by atoms with Crippen molar-refractivity contribution in [2.24, 2.45) is 0 Å². The second kappa shape index (κ2) is 3.58. The molecule has 0 saturated carbocycles. The van der Waals surface area contributed by atoms with E-state index < -0.39 is 0 Å². The monoisotopic (exact) mass is 217 g/mol. The Labute approximate surface area is 96.5 Å². The van der Waals surface area contributed by atoms with Crippen LogP contribution in [0.5, 0.6) is 0 Å². The second-order valence-electron chi connectivity index (χ2n) is 5.20. The number of hydrogen-bond acceptors (Lipinski definition) is 2. The lowest BCUT2D eigenvalue weighted by atomic mass is 9.90. The Morgan fingerprint density at radius 2 is 2.00 bits per heavy atom. The van der Waals surface area contributed by atoms with E-state index in [-0.39, 0.29) is 5.41 Å². The lowest BCUT2D eigenvalue weighted by Crippen LogP contribution is -2.15. The van der Waals surface area contributed by atoms with Gasteiger partial charge in [-0.3, -0.25) is 4.98 Å². The van der Waals surface area contributed by atoms with Crippen molar-refractivity contribution < 1.29 is 0 Å². The molecule has 0 amide bonds. The summed E-state index contributed by atoms with van der Waals surface area (Å²) in [6.07, 6.45) is 4.81. The minimum absolute atomic E-state index is 0.0545. The maximum absolute atomic E-state index is 4.61. The third-order valence-electron chi connectivity index (χ3n) is 2.85. The molecule has 0 radical (unpaired) electrons. The molecule has 3 heteroatoms. The highest BCUT2D eigenvalue weighted by atomic mass is 15.0. The molecule has 16 heavy (non-hydrogen) atoms. The molecule has 0 bridgehead atoms. The number of hydrogen-bond donors (Lipinski definition) is 0. The quantitative estimate of drug-likeness (QED) is 0.735. The topological polar surface area (TPSA) is 30.2 Å². The highest BCUT2D eigenvalue weighted by molar-refractivity contribution is 5.59. The third-order valence-corrected chi connectivity index (χ3v) is 2.85. The van der Waals surface area contributed by atoms with Crippen LogP contribution in [0.2, 0.25) is 0 Å². The first-order valence-corrected chi connectivity index (χ1v) is 5.78. The van der Waals surface area contributed by atoms with Gasteiger partial charge in [0.1, 0.15) is 5.82 Å². The predicted molar refractivity (Wildman–Crippen MR) is 65.8 cm³/mol. The molecule has 0 aromatic carbocycles. The maximum Gasteiger partial charge on any atom is 0.110 e. The summed E-state index contributed by atoms with van der Waals surface area (Å²) < 4.78 is 2.15. The summed E-state index contributed by atoms with van der Waals surface area (Å²) in [4.78, 5) is 9.14.